The van der Waals surface area contributed by atoms with Crippen LogP contribution in [0.5, 0.6) is 11.5 Å². The van der Waals surface area contributed by atoms with Gasteiger partial charge in [-0.3, -0.25) is 9.59 Å². The number of amides is 3. The first-order chi connectivity index (χ1) is 26.6. The lowest BCUT2D eigenvalue weighted by Crippen LogP contribution is -2.54. The van der Waals surface area contributed by atoms with E-state index >= 15 is 0 Å². The molecular weight excluding hydrogens is 702 g/mol. The first kappa shape index (κ1) is 36.8. The second kappa shape index (κ2) is 14.8. The summed E-state index contributed by atoms with van der Waals surface area (Å²) in [6.07, 6.45) is 8.08. The monoisotopic (exact) mass is 751 g/mol. The zero-order valence-corrected chi connectivity index (χ0v) is 32.0. The summed E-state index contributed by atoms with van der Waals surface area (Å²) in [5, 5.41) is 2.64. The molecule has 5 unspecified atom stereocenters. The average Bonchev–Trinajstić information content (AvgIpc) is 3.77. The minimum atomic E-state index is -0.894. The van der Waals surface area contributed by atoms with Gasteiger partial charge < -0.3 is 44.0 Å². The molecule has 8 rings (SSSR count). The largest absolute Gasteiger partial charge is 0.457 e. The molecular formula is C41H49N7O7. The molecule has 1 saturated carbocycles. The summed E-state index contributed by atoms with van der Waals surface area (Å²) in [5.74, 6) is 3.03. The van der Waals surface area contributed by atoms with E-state index in [9.17, 15) is 14.4 Å². The van der Waals surface area contributed by atoms with E-state index < -0.39 is 18.2 Å². The van der Waals surface area contributed by atoms with Gasteiger partial charge in [-0.05, 0) is 76.6 Å². The van der Waals surface area contributed by atoms with Crippen LogP contribution in [-0.2, 0) is 29.2 Å². The Morgan fingerprint density at radius 3 is 2.13 bits per heavy atom. The number of alkyl carbamates (subject to hydrolysis) is 1. The van der Waals surface area contributed by atoms with Crippen LogP contribution in [0.3, 0.4) is 0 Å². The predicted octanol–water partition coefficient (Wildman–Crippen LogP) is 6.16. The van der Waals surface area contributed by atoms with Gasteiger partial charge in [-0.2, -0.15) is 0 Å². The highest BCUT2D eigenvalue weighted by Crippen LogP contribution is 2.62. The van der Waals surface area contributed by atoms with Crippen LogP contribution in [0.2, 0.25) is 0 Å². The summed E-state index contributed by atoms with van der Waals surface area (Å²) in [7, 11) is 4.41. The molecule has 14 heteroatoms. The molecule has 290 valence electrons. The molecule has 5 atom stereocenters. The zero-order valence-electron chi connectivity index (χ0n) is 32.0. The van der Waals surface area contributed by atoms with Gasteiger partial charge in [-0.25, -0.2) is 14.8 Å². The maximum Gasteiger partial charge on any atom is 0.407 e. The molecule has 3 fully saturated rings. The van der Waals surface area contributed by atoms with Gasteiger partial charge in [0, 0.05) is 55.0 Å². The Hall–Kier alpha value is -5.21. The number of fused-ring (bicyclic) bond motifs is 4. The van der Waals surface area contributed by atoms with Crippen LogP contribution in [0.25, 0.3) is 22.5 Å². The summed E-state index contributed by atoms with van der Waals surface area (Å²) >= 11 is 0. The number of ether oxygens (including phenoxy) is 4. The van der Waals surface area contributed by atoms with E-state index in [1.165, 1.54) is 19.8 Å². The van der Waals surface area contributed by atoms with E-state index in [-0.39, 0.29) is 35.4 Å². The number of aromatic amines is 2. The lowest BCUT2D eigenvalue weighted by Gasteiger charge is -2.30. The third-order valence-electron chi connectivity index (χ3n) is 11.9. The molecule has 4 aromatic rings. The number of benzene rings is 2. The SMILES string of the molecule is COC(=O)NC(C(=O)N1CCCC1c1ncc(-c2ccc3c(c2)C2(CC2)c2ccc(-c4cnc(C5CCCN5C(=O)CC(C)OC)[nH]4)cc2O3)[nH]1)C(C)OC. The van der Waals surface area contributed by atoms with Crippen molar-refractivity contribution in [3.63, 3.8) is 0 Å². The van der Waals surface area contributed by atoms with Crippen molar-refractivity contribution in [2.24, 2.45) is 0 Å². The quantitative estimate of drug-likeness (QED) is 0.163. The number of hydrogen-bond acceptors (Lipinski definition) is 9. The highest BCUT2D eigenvalue weighted by Gasteiger charge is 2.52. The van der Waals surface area contributed by atoms with Gasteiger partial charge >= 0.3 is 6.09 Å². The summed E-state index contributed by atoms with van der Waals surface area (Å²) in [6, 6.07) is 11.4. The Bertz CT molecular complexity index is 2090. The van der Waals surface area contributed by atoms with Gasteiger partial charge in [0.05, 0.1) is 61.6 Å². The predicted molar refractivity (Wildman–Crippen MR) is 202 cm³/mol. The molecule has 55 heavy (non-hydrogen) atoms. The third-order valence-corrected chi connectivity index (χ3v) is 11.9. The topological polar surface area (TPSA) is 164 Å². The van der Waals surface area contributed by atoms with E-state index in [0.717, 1.165) is 90.5 Å². The van der Waals surface area contributed by atoms with Crippen LogP contribution in [0.15, 0.2) is 48.8 Å². The van der Waals surface area contributed by atoms with Gasteiger partial charge in [-0.1, -0.05) is 12.1 Å². The Labute approximate surface area is 320 Å². The fourth-order valence-electron chi connectivity index (χ4n) is 8.55. The van der Waals surface area contributed by atoms with Crippen LogP contribution >= 0.6 is 0 Å². The first-order valence-electron chi connectivity index (χ1n) is 19.2. The molecule has 3 aliphatic heterocycles. The van der Waals surface area contributed by atoms with Crippen molar-refractivity contribution in [1.29, 1.82) is 0 Å². The van der Waals surface area contributed by atoms with E-state index in [1.807, 2.05) is 36.4 Å². The van der Waals surface area contributed by atoms with Crippen LogP contribution in [0.1, 0.15) is 93.7 Å². The average molecular weight is 752 g/mol. The summed E-state index contributed by atoms with van der Waals surface area (Å²) in [6.45, 7) is 4.93. The molecule has 1 aliphatic carbocycles. The van der Waals surface area contributed by atoms with Crippen LogP contribution in [0.4, 0.5) is 4.79 Å². The number of imidazole rings is 2. The number of carbonyl (C=O) groups excluding carboxylic acids is 3. The molecule has 2 aromatic heterocycles. The van der Waals surface area contributed by atoms with Gasteiger partial charge in [0.15, 0.2) is 0 Å². The van der Waals surface area contributed by atoms with E-state index in [2.05, 4.69) is 39.6 Å². The maximum atomic E-state index is 13.7. The van der Waals surface area contributed by atoms with Crippen LogP contribution in [-0.4, -0.2) is 100 Å². The number of H-pyrrole nitrogens is 2. The number of nitrogens with zero attached hydrogens (tertiary/aromatic N) is 4. The maximum absolute atomic E-state index is 13.7. The normalized spacial score (nSPS) is 21.0. The van der Waals surface area contributed by atoms with E-state index in [0.29, 0.717) is 18.8 Å². The standard InChI is InChI=1S/C41H49N7O7/c1-23(52-3)18-35(49)47-16-6-8-31(47)37-42-22-30(45-37)26-10-12-27-34(20-26)55-33-13-11-25(19-28(33)41(27)14-15-41)29-21-43-38(44-29)32-9-7-17-48(32)39(50)36(24(2)53-4)46-40(51)54-5/h10-13,19-24,31-32,36H,6-9,14-18H2,1-5H3,(H,42,45)(H,43,44)(H,46,51). The molecule has 4 aliphatic rings. The second-order valence-corrected chi connectivity index (χ2v) is 15.2. The van der Waals surface area contributed by atoms with Crippen LogP contribution in [0, 0.1) is 0 Å². The molecule has 0 bridgehead atoms. The number of likely N-dealkylation sites (tertiary alicyclic amines) is 2. The fourth-order valence-corrected chi connectivity index (χ4v) is 8.55. The van der Waals surface area contributed by atoms with Crippen molar-refractivity contribution in [3.05, 3.63) is 71.6 Å². The highest BCUT2D eigenvalue weighted by molar-refractivity contribution is 5.87. The smallest absolute Gasteiger partial charge is 0.407 e. The number of nitrogens with one attached hydrogen (secondary N) is 3. The summed E-state index contributed by atoms with van der Waals surface area (Å²) in [4.78, 5) is 59.0. The van der Waals surface area contributed by atoms with Crippen molar-refractivity contribution < 1.29 is 33.3 Å². The van der Waals surface area contributed by atoms with Crippen molar-refractivity contribution in [2.45, 2.75) is 94.5 Å². The molecule has 3 N–H and O–H groups in total. The summed E-state index contributed by atoms with van der Waals surface area (Å²) in [5.41, 5.74) is 5.91. The van der Waals surface area contributed by atoms with E-state index in [1.54, 1.807) is 18.9 Å². The molecule has 2 aromatic carbocycles. The number of aromatic nitrogens is 4. The number of hydrogen-bond donors (Lipinski definition) is 3. The Kier molecular flexibility index (Phi) is 9.88. The van der Waals surface area contributed by atoms with Crippen LogP contribution < -0.4 is 10.1 Å². The molecule has 0 radical (unpaired) electrons. The molecule has 1 spiro atoms. The fraction of sp³-hybridized carbons (Fsp3) is 0.488. The third kappa shape index (κ3) is 6.75. The molecule has 14 nitrogen and oxygen atoms in total. The van der Waals surface area contributed by atoms with Gasteiger partial charge in [0.2, 0.25) is 11.8 Å². The number of carbonyl (C=O) groups is 3. The van der Waals surface area contributed by atoms with Crippen molar-refractivity contribution in [2.75, 3.05) is 34.4 Å². The second-order valence-electron chi connectivity index (χ2n) is 15.2. The molecule has 5 heterocycles. The minimum absolute atomic E-state index is 0.0760. The lowest BCUT2D eigenvalue weighted by atomic mass is 9.83. The van der Waals surface area contributed by atoms with Gasteiger partial charge in [-0.15, -0.1) is 0 Å². The van der Waals surface area contributed by atoms with Crippen molar-refractivity contribution >= 4 is 17.9 Å². The molecule has 2 saturated heterocycles. The number of rotatable bonds is 11. The molecule has 3 amide bonds. The lowest BCUT2D eigenvalue weighted by molar-refractivity contribution is -0.137. The van der Waals surface area contributed by atoms with E-state index in [4.69, 9.17) is 28.9 Å². The van der Waals surface area contributed by atoms with Crippen molar-refractivity contribution in [1.82, 2.24) is 35.1 Å². The Morgan fingerprint density at radius 2 is 1.49 bits per heavy atom. The van der Waals surface area contributed by atoms with Gasteiger partial charge in [0.1, 0.15) is 29.2 Å². The number of methoxy groups -OCH3 is 3. The Morgan fingerprint density at radius 1 is 0.855 bits per heavy atom. The first-order valence-corrected chi connectivity index (χ1v) is 19.2. The highest BCUT2D eigenvalue weighted by atomic mass is 16.5. The summed E-state index contributed by atoms with van der Waals surface area (Å²) < 4.78 is 22.1. The Balaban J connectivity index is 0.997. The van der Waals surface area contributed by atoms with Crippen molar-refractivity contribution in [3.8, 4) is 34.0 Å². The zero-order chi connectivity index (χ0) is 38.4. The minimum Gasteiger partial charge on any atom is -0.457 e. The van der Waals surface area contributed by atoms with Gasteiger partial charge in [0.25, 0.3) is 0 Å².